The van der Waals surface area contributed by atoms with Crippen molar-refractivity contribution in [1.29, 1.82) is 0 Å². The molecule has 1 saturated heterocycles. The first kappa shape index (κ1) is 61.6. The Bertz CT molecular complexity index is 1420. The molecule has 13 heteroatoms. The van der Waals surface area contributed by atoms with Gasteiger partial charge in [0, 0.05) is 13.0 Å². The Morgan fingerprint density at radius 1 is 0.576 bits per heavy atom. The summed E-state index contributed by atoms with van der Waals surface area (Å²) in [5.74, 6) is -0.417. The summed E-state index contributed by atoms with van der Waals surface area (Å²) in [4.78, 5) is 12.9. The van der Waals surface area contributed by atoms with Crippen molar-refractivity contribution in [2.75, 3.05) is 26.4 Å². The minimum atomic E-state index is -5.07. The van der Waals surface area contributed by atoms with Crippen molar-refractivity contribution >= 4 is 16.4 Å². The summed E-state index contributed by atoms with van der Waals surface area (Å²) in [6.45, 7) is 3.90. The number of aliphatic hydroxyl groups excluding tert-OH is 3. The fourth-order valence-corrected chi connectivity index (χ4v) is 7.90. The van der Waals surface area contributed by atoms with Gasteiger partial charge in [-0.2, -0.15) is 8.42 Å². The fraction of sp³-hybridized carbons (Fsp3) is 0.755. The second-order valence-electron chi connectivity index (χ2n) is 17.4. The minimum Gasteiger partial charge on any atom is -0.457 e. The number of allylic oxidation sites excluding steroid dienone is 12. The molecule has 0 saturated carbocycles. The van der Waals surface area contributed by atoms with E-state index in [1.54, 1.807) is 0 Å². The maximum absolute atomic E-state index is 12.9. The highest BCUT2D eigenvalue weighted by atomic mass is 32.3. The molecule has 6 unspecified atom stereocenters. The summed E-state index contributed by atoms with van der Waals surface area (Å²) in [5, 5.41) is 30.8. The smallest absolute Gasteiger partial charge is 0.397 e. The predicted molar refractivity (Wildman–Crippen MR) is 266 cm³/mol. The molecule has 1 rings (SSSR count). The summed E-state index contributed by atoms with van der Waals surface area (Å²) >= 11 is 0. The number of hydrogen-bond acceptors (Lipinski definition) is 11. The van der Waals surface area contributed by atoms with Crippen molar-refractivity contribution in [3.8, 4) is 0 Å². The molecule has 1 aliphatic heterocycles. The van der Waals surface area contributed by atoms with Gasteiger partial charge in [-0.15, -0.1) is 0 Å². The van der Waals surface area contributed by atoms with Crippen molar-refractivity contribution in [2.24, 2.45) is 0 Å². The van der Waals surface area contributed by atoms with Gasteiger partial charge in [0.25, 0.3) is 0 Å². The second kappa shape index (κ2) is 43.8. The van der Waals surface area contributed by atoms with Crippen LogP contribution in [0.3, 0.4) is 0 Å². The Morgan fingerprint density at radius 2 is 1.00 bits per heavy atom. The highest BCUT2D eigenvalue weighted by Crippen LogP contribution is 2.26. The molecule has 0 aromatic rings. The van der Waals surface area contributed by atoms with E-state index in [9.17, 15) is 33.1 Å². The summed E-state index contributed by atoms with van der Waals surface area (Å²) in [5.41, 5.74) is 0. The predicted octanol–water partition coefficient (Wildman–Crippen LogP) is 11.9. The summed E-state index contributed by atoms with van der Waals surface area (Å²) in [6.07, 6.45) is 47.8. The van der Waals surface area contributed by atoms with Crippen LogP contribution in [0.15, 0.2) is 72.9 Å². The lowest BCUT2D eigenvalue weighted by Gasteiger charge is -2.41. The Balaban J connectivity index is 2.40. The lowest BCUT2D eigenvalue weighted by molar-refractivity contribution is -0.301. The molecule has 0 bridgehead atoms. The maximum atomic E-state index is 12.9. The topological polar surface area (TPSA) is 178 Å². The van der Waals surface area contributed by atoms with Crippen LogP contribution in [0, 0.1) is 0 Å². The molecule has 382 valence electrons. The third-order valence-electron chi connectivity index (χ3n) is 11.3. The highest BCUT2D eigenvalue weighted by molar-refractivity contribution is 7.80. The van der Waals surface area contributed by atoms with Crippen molar-refractivity contribution in [3.05, 3.63) is 72.9 Å². The van der Waals surface area contributed by atoms with Crippen LogP contribution >= 0.6 is 0 Å². The maximum Gasteiger partial charge on any atom is 0.397 e. The number of rotatable bonds is 44. The minimum absolute atomic E-state index is 0.0201. The Morgan fingerprint density at radius 3 is 1.45 bits per heavy atom. The molecule has 0 aromatic heterocycles. The van der Waals surface area contributed by atoms with Crippen LogP contribution in [-0.2, 0) is 38.3 Å². The van der Waals surface area contributed by atoms with Crippen molar-refractivity contribution < 1.29 is 56.2 Å². The monoisotopic (exact) mass is 953 g/mol. The molecule has 4 N–H and O–H groups in total. The molecule has 6 atom stereocenters. The van der Waals surface area contributed by atoms with E-state index in [1.165, 1.54) is 70.6 Å². The molecular formula is C53H92O12S. The van der Waals surface area contributed by atoms with Crippen molar-refractivity contribution in [1.82, 2.24) is 0 Å². The van der Waals surface area contributed by atoms with E-state index in [4.69, 9.17) is 18.9 Å². The zero-order valence-electron chi connectivity index (χ0n) is 41.0. The summed E-state index contributed by atoms with van der Waals surface area (Å²) < 4.78 is 59.2. The van der Waals surface area contributed by atoms with E-state index in [2.05, 4.69) is 90.9 Å². The molecule has 12 nitrogen and oxygen atoms in total. The molecule has 1 fully saturated rings. The number of ether oxygens (including phenoxy) is 4. The van der Waals surface area contributed by atoms with Gasteiger partial charge in [0.2, 0.25) is 0 Å². The van der Waals surface area contributed by atoms with Crippen LogP contribution in [0.1, 0.15) is 194 Å². The zero-order chi connectivity index (χ0) is 48.2. The van der Waals surface area contributed by atoms with Crippen molar-refractivity contribution in [3.63, 3.8) is 0 Å². The van der Waals surface area contributed by atoms with Gasteiger partial charge in [-0.25, -0.2) is 4.18 Å². The van der Waals surface area contributed by atoms with Gasteiger partial charge in [0.1, 0.15) is 30.5 Å². The molecule has 0 amide bonds. The number of esters is 1. The average molecular weight is 953 g/mol. The Labute approximate surface area is 401 Å². The number of unbranched alkanes of at least 4 members (excludes halogenated alkanes) is 19. The normalized spacial score (nSPS) is 20.1. The van der Waals surface area contributed by atoms with E-state index < -0.39 is 59.8 Å². The Hall–Kier alpha value is -2.46. The third kappa shape index (κ3) is 36.6. The van der Waals surface area contributed by atoms with Gasteiger partial charge in [-0.1, -0.05) is 170 Å². The quantitative estimate of drug-likeness (QED) is 0.0197. The zero-order valence-corrected chi connectivity index (χ0v) is 41.8. The molecule has 1 heterocycles. The van der Waals surface area contributed by atoms with Gasteiger partial charge in [0.05, 0.1) is 19.8 Å². The van der Waals surface area contributed by atoms with Crippen LogP contribution in [0.25, 0.3) is 0 Å². The first-order valence-corrected chi connectivity index (χ1v) is 27.1. The first-order valence-electron chi connectivity index (χ1n) is 25.7. The number of hydrogen-bond donors (Lipinski definition) is 4. The van der Waals surface area contributed by atoms with E-state index in [0.717, 1.165) is 96.3 Å². The molecule has 0 aromatic carbocycles. The molecule has 0 aliphatic carbocycles. The van der Waals surface area contributed by atoms with Crippen molar-refractivity contribution in [2.45, 2.75) is 230 Å². The first-order chi connectivity index (χ1) is 32.1. The van der Waals surface area contributed by atoms with Crippen LogP contribution in [-0.4, -0.2) is 97.5 Å². The lowest BCUT2D eigenvalue weighted by Crippen LogP contribution is -2.60. The number of aliphatic hydroxyl groups is 3. The van der Waals surface area contributed by atoms with Crippen LogP contribution in [0.5, 0.6) is 0 Å². The standard InChI is InChI=1S/C53H92O12S/c1-3-5-7-9-11-13-15-17-19-21-23-25-27-29-31-33-35-37-39-41-43-61-45-47(46-62-53-51(57)52(65-66(58,59)60)50(56)48(44-54)64-53)63-49(55)42-40-38-36-34-32-30-28-26-24-22-20-18-16-14-12-10-8-6-4-2/h11-14,17-20,23-26,47-48,50-54,56-57H,3-10,15-16,21-22,27-46H2,1-2H3,(H,58,59,60)/b13-11-,14-12-,19-17-,20-18-,25-23-,26-24-. The van der Waals surface area contributed by atoms with Crippen LogP contribution in [0.4, 0.5) is 0 Å². The largest absolute Gasteiger partial charge is 0.457 e. The molecular weight excluding hydrogens is 861 g/mol. The van der Waals surface area contributed by atoms with Crippen LogP contribution in [0.2, 0.25) is 0 Å². The summed E-state index contributed by atoms with van der Waals surface area (Å²) in [7, 11) is -5.07. The number of carbonyl (C=O) groups excluding carboxylic acids is 1. The molecule has 66 heavy (non-hydrogen) atoms. The van der Waals surface area contributed by atoms with Gasteiger partial charge in [0.15, 0.2) is 6.29 Å². The van der Waals surface area contributed by atoms with Crippen LogP contribution < -0.4 is 0 Å². The van der Waals surface area contributed by atoms with Gasteiger partial charge >= 0.3 is 16.4 Å². The van der Waals surface area contributed by atoms with Gasteiger partial charge in [-0.3, -0.25) is 9.35 Å². The van der Waals surface area contributed by atoms with Gasteiger partial charge < -0.3 is 34.3 Å². The molecule has 1 aliphatic rings. The Kier molecular flexibility index (Phi) is 40.8. The lowest BCUT2D eigenvalue weighted by atomic mass is 9.99. The molecule has 0 spiro atoms. The van der Waals surface area contributed by atoms with E-state index in [1.807, 2.05) is 0 Å². The van der Waals surface area contributed by atoms with E-state index in [0.29, 0.717) is 13.0 Å². The van der Waals surface area contributed by atoms with E-state index >= 15 is 0 Å². The van der Waals surface area contributed by atoms with Gasteiger partial charge in [-0.05, 0) is 89.9 Å². The highest BCUT2D eigenvalue weighted by Gasteiger charge is 2.48. The SMILES string of the molecule is CCCCC/C=C\C/C=C\C/C=C\CCCCCCCCCOCC(COC1OC(CO)C(O)C(OS(=O)(=O)O)C1O)OC(=O)CCCCCCCC/C=C\C/C=C\C/C=C\CCCCC. The molecule has 0 radical (unpaired) electrons. The summed E-state index contributed by atoms with van der Waals surface area (Å²) in [6, 6.07) is 0. The fourth-order valence-electron chi connectivity index (χ4n) is 7.39. The van der Waals surface area contributed by atoms with E-state index in [-0.39, 0.29) is 19.6 Å². The third-order valence-corrected chi connectivity index (χ3v) is 11.8. The average Bonchev–Trinajstić information content (AvgIpc) is 3.29. The number of carbonyl (C=O) groups is 1. The second-order valence-corrected chi connectivity index (χ2v) is 18.4.